The molecule has 0 spiro atoms. The van der Waals surface area contributed by atoms with Crippen molar-refractivity contribution in [2.75, 3.05) is 19.8 Å². The summed E-state index contributed by atoms with van der Waals surface area (Å²) in [6, 6.07) is 6.29. The summed E-state index contributed by atoms with van der Waals surface area (Å²) in [4.78, 5) is 15.2. The van der Waals surface area contributed by atoms with Crippen LogP contribution in [-0.2, 0) is 11.2 Å². The van der Waals surface area contributed by atoms with Gasteiger partial charge in [-0.05, 0) is 62.3 Å². The second-order valence-corrected chi connectivity index (χ2v) is 7.25. The third-order valence-electron chi connectivity index (χ3n) is 5.20. The standard InChI is InChI=1S/C20H29NO3/c1-4-23-17-8-9-19-15(12-17)11-16(13-24-19)20(22)21-10-6-5-7-18(21)14(2)3/h8-9,12,14,16,18H,4-7,10-11,13H2,1-3H3. The third-order valence-corrected chi connectivity index (χ3v) is 5.20. The van der Waals surface area contributed by atoms with Gasteiger partial charge in [-0.1, -0.05) is 13.8 Å². The number of amides is 1. The molecule has 1 amide bonds. The molecule has 0 aromatic heterocycles. The number of piperidine rings is 1. The normalized spacial score (nSPS) is 23.6. The molecule has 0 N–H and O–H groups in total. The molecule has 2 atom stereocenters. The van der Waals surface area contributed by atoms with Crippen LogP contribution in [-0.4, -0.2) is 36.6 Å². The molecule has 2 aliphatic heterocycles. The lowest BCUT2D eigenvalue weighted by Crippen LogP contribution is -2.50. The van der Waals surface area contributed by atoms with Crippen LogP contribution in [0.2, 0.25) is 0 Å². The molecule has 2 unspecified atom stereocenters. The Morgan fingerprint density at radius 1 is 1.38 bits per heavy atom. The predicted molar refractivity (Wildman–Crippen MR) is 94.5 cm³/mol. The van der Waals surface area contributed by atoms with E-state index in [0.717, 1.165) is 42.9 Å². The van der Waals surface area contributed by atoms with Gasteiger partial charge in [0, 0.05) is 12.6 Å². The number of carbonyl (C=O) groups is 1. The first kappa shape index (κ1) is 17.1. The first-order chi connectivity index (χ1) is 11.6. The Morgan fingerprint density at radius 3 is 2.96 bits per heavy atom. The summed E-state index contributed by atoms with van der Waals surface area (Å²) < 4.78 is 11.5. The van der Waals surface area contributed by atoms with Gasteiger partial charge in [-0.15, -0.1) is 0 Å². The minimum absolute atomic E-state index is 0.0753. The van der Waals surface area contributed by atoms with Gasteiger partial charge in [0.1, 0.15) is 18.1 Å². The van der Waals surface area contributed by atoms with Gasteiger partial charge in [-0.3, -0.25) is 4.79 Å². The number of hydrogen-bond donors (Lipinski definition) is 0. The van der Waals surface area contributed by atoms with Crippen LogP contribution in [0.4, 0.5) is 0 Å². The lowest BCUT2D eigenvalue weighted by molar-refractivity contribution is -0.141. The first-order valence-corrected chi connectivity index (χ1v) is 9.29. The number of likely N-dealkylation sites (tertiary alicyclic amines) is 1. The van der Waals surface area contributed by atoms with E-state index in [1.165, 1.54) is 6.42 Å². The minimum atomic E-state index is -0.0753. The summed E-state index contributed by atoms with van der Waals surface area (Å²) in [6.07, 6.45) is 4.22. The Morgan fingerprint density at radius 2 is 2.21 bits per heavy atom. The second-order valence-electron chi connectivity index (χ2n) is 7.25. The van der Waals surface area contributed by atoms with E-state index in [1.807, 2.05) is 25.1 Å². The van der Waals surface area contributed by atoms with Crippen molar-refractivity contribution in [3.63, 3.8) is 0 Å². The Hall–Kier alpha value is -1.71. The highest BCUT2D eigenvalue weighted by atomic mass is 16.5. The van der Waals surface area contributed by atoms with Gasteiger partial charge in [0.15, 0.2) is 0 Å². The molecule has 1 fully saturated rings. The zero-order valence-corrected chi connectivity index (χ0v) is 15.1. The zero-order chi connectivity index (χ0) is 17.1. The molecule has 132 valence electrons. The smallest absolute Gasteiger partial charge is 0.229 e. The molecule has 1 saturated heterocycles. The molecule has 4 nitrogen and oxygen atoms in total. The molecule has 0 radical (unpaired) electrons. The van der Waals surface area contributed by atoms with E-state index in [0.29, 0.717) is 25.2 Å². The molecule has 2 heterocycles. The molecule has 0 saturated carbocycles. The summed E-state index contributed by atoms with van der Waals surface area (Å²) in [5, 5.41) is 0. The summed E-state index contributed by atoms with van der Waals surface area (Å²) in [5.74, 6) is 2.44. The van der Waals surface area contributed by atoms with Gasteiger partial charge in [0.05, 0.1) is 12.5 Å². The highest BCUT2D eigenvalue weighted by Gasteiger charge is 2.35. The fraction of sp³-hybridized carbons (Fsp3) is 0.650. The van der Waals surface area contributed by atoms with Crippen LogP contribution in [0.25, 0.3) is 0 Å². The predicted octanol–water partition coefficient (Wildman–Crippen LogP) is 3.67. The van der Waals surface area contributed by atoms with Gasteiger partial charge in [0.2, 0.25) is 5.91 Å². The second kappa shape index (κ2) is 7.45. The number of ether oxygens (including phenoxy) is 2. The van der Waals surface area contributed by atoms with Crippen molar-refractivity contribution in [1.82, 2.24) is 4.90 Å². The molecule has 1 aromatic rings. The van der Waals surface area contributed by atoms with E-state index >= 15 is 0 Å². The maximum Gasteiger partial charge on any atom is 0.229 e. The Bertz CT molecular complexity index is 584. The lowest BCUT2D eigenvalue weighted by Gasteiger charge is -2.40. The van der Waals surface area contributed by atoms with Crippen LogP contribution in [0.5, 0.6) is 11.5 Å². The maximum absolute atomic E-state index is 13.1. The third kappa shape index (κ3) is 3.52. The van der Waals surface area contributed by atoms with Gasteiger partial charge >= 0.3 is 0 Å². The number of carbonyl (C=O) groups excluding carboxylic acids is 1. The molecule has 24 heavy (non-hydrogen) atoms. The number of hydrogen-bond acceptors (Lipinski definition) is 3. The van der Waals surface area contributed by atoms with Crippen molar-refractivity contribution in [3.8, 4) is 11.5 Å². The van der Waals surface area contributed by atoms with Gasteiger partial charge < -0.3 is 14.4 Å². The molecular formula is C20H29NO3. The van der Waals surface area contributed by atoms with E-state index < -0.39 is 0 Å². The quantitative estimate of drug-likeness (QED) is 0.845. The fourth-order valence-electron chi connectivity index (χ4n) is 3.94. The first-order valence-electron chi connectivity index (χ1n) is 9.29. The van der Waals surface area contributed by atoms with Crippen molar-refractivity contribution in [3.05, 3.63) is 23.8 Å². The SMILES string of the molecule is CCOc1ccc2c(c1)CC(C(=O)N1CCCCC1C(C)C)CO2. The van der Waals surface area contributed by atoms with Crippen LogP contribution >= 0.6 is 0 Å². The molecule has 1 aromatic carbocycles. The lowest BCUT2D eigenvalue weighted by atomic mass is 9.89. The van der Waals surface area contributed by atoms with Crippen LogP contribution in [0.1, 0.15) is 45.6 Å². The fourth-order valence-corrected chi connectivity index (χ4v) is 3.94. The van der Waals surface area contributed by atoms with Gasteiger partial charge in [-0.2, -0.15) is 0 Å². The van der Waals surface area contributed by atoms with Crippen molar-refractivity contribution < 1.29 is 14.3 Å². The van der Waals surface area contributed by atoms with Crippen LogP contribution < -0.4 is 9.47 Å². The van der Waals surface area contributed by atoms with Gasteiger partial charge in [-0.25, -0.2) is 0 Å². The Balaban J connectivity index is 1.73. The van der Waals surface area contributed by atoms with Gasteiger partial charge in [0.25, 0.3) is 0 Å². The van der Waals surface area contributed by atoms with Crippen molar-refractivity contribution in [1.29, 1.82) is 0 Å². The number of benzene rings is 1. The number of fused-ring (bicyclic) bond motifs is 1. The summed E-state index contributed by atoms with van der Waals surface area (Å²) in [6.45, 7) is 8.44. The van der Waals surface area contributed by atoms with E-state index in [-0.39, 0.29) is 11.8 Å². The van der Waals surface area contributed by atoms with E-state index in [2.05, 4.69) is 18.7 Å². The van der Waals surface area contributed by atoms with Crippen LogP contribution in [0, 0.1) is 11.8 Å². The Labute approximate surface area is 145 Å². The van der Waals surface area contributed by atoms with E-state index in [1.54, 1.807) is 0 Å². The summed E-state index contributed by atoms with van der Waals surface area (Å²) in [7, 11) is 0. The van der Waals surface area contributed by atoms with Crippen molar-refractivity contribution in [2.24, 2.45) is 11.8 Å². The highest BCUT2D eigenvalue weighted by Crippen LogP contribution is 2.33. The maximum atomic E-state index is 13.1. The van der Waals surface area contributed by atoms with E-state index in [4.69, 9.17) is 9.47 Å². The summed E-state index contributed by atoms with van der Waals surface area (Å²) >= 11 is 0. The molecule has 2 aliphatic rings. The topological polar surface area (TPSA) is 38.8 Å². The minimum Gasteiger partial charge on any atom is -0.494 e. The molecular weight excluding hydrogens is 302 g/mol. The molecule has 3 rings (SSSR count). The van der Waals surface area contributed by atoms with Crippen LogP contribution in [0.15, 0.2) is 18.2 Å². The van der Waals surface area contributed by atoms with Crippen molar-refractivity contribution >= 4 is 5.91 Å². The molecule has 4 heteroatoms. The number of rotatable bonds is 4. The van der Waals surface area contributed by atoms with Crippen molar-refractivity contribution in [2.45, 2.75) is 52.5 Å². The highest BCUT2D eigenvalue weighted by molar-refractivity contribution is 5.80. The average Bonchev–Trinajstić information content (AvgIpc) is 2.60. The zero-order valence-electron chi connectivity index (χ0n) is 15.1. The summed E-state index contributed by atoms with van der Waals surface area (Å²) in [5.41, 5.74) is 1.09. The molecule has 0 bridgehead atoms. The monoisotopic (exact) mass is 331 g/mol. The van der Waals surface area contributed by atoms with Crippen LogP contribution in [0.3, 0.4) is 0 Å². The average molecular weight is 331 g/mol. The largest absolute Gasteiger partial charge is 0.494 e. The Kier molecular flexibility index (Phi) is 5.32. The van der Waals surface area contributed by atoms with E-state index in [9.17, 15) is 4.79 Å². The molecule has 0 aliphatic carbocycles. The number of nitrogens with zero attached hydrogens (tertiary/aromatic N) is 1.